The summed E-state index contributed by atoms with van der Waals surface area (Å²) in [6.45, 7) is 5.44. The van der Waals surface area contributed by atoms with Crippen molar-refractivity contribution in [2.75, 3.05) is 25.0 Å². The number of ether oxygens (including phenoxy) is 1. The van der Waals surface area contributed by atoms with Gasteiger partial charge < -0.3 is 20.3 Å². The Bertz CT molecular complexity index is 830. The Morgan fingerprint density at radius 3 is 2.55 bits per heavy atom. The van der Waals surface area contributed by atoms with Crippen LogP contribution in [0.4, 0.5) is 16.2 Å². The molecule has 0 spiro atoms. The SMILES string of the molecule is CCOC(=O)N1CCC(NC(=O)c2ccc(Nc3ccccc3CC)cn2)CC1. The summed E-state index contributed by atoms with van der Waals surface area (Å²) < 4.78 is 5.02. The number of pyridine rings is 1. The molecule has 1 aromatic heterocycles. The van der Waals surface area contributed by atoms with Gasteiger partial charge in [0, 0.05) is 24.8 Å². The van der Waals surface area contributed by atoms with E-state index < -0.39 is 0 Å². The smallest absolute Gasteiger partial charge is 0.409 e. The Kier molecular flexibility index (Phi) is 7.05. The van der Waals surface area contributed by atoms with Crippen LogP contribution in [0.15, 0.2) is 42.6 Å². The van der Waals surface area contributed by atoms with Gasteiger partial charge in [-0.3, -0.25) is 4.79 Å². The molecule has 0 unspecified atom stereocenters. The van der Waals surface area contributed by atoms with Gasteiger partial charge in [-0.05, 0) is 49.9 Å². The summed E-state index contributed by atoms with van der Waals surface area (Å²) in [6, 6.07) is 11.7. The van der Waals surface area contributed by atoms with E-state index in [4.69, 9.17) is 4.74 Å². The molecule has 0 aliphatic carbocycles. The molecule has 1 aromatic carbocycles. The summed E-state index contributed by atoms with van der Waals surface area (Å²) >= 11 is 0. The van der Waals surface area contributed by atoms with E-state index in [1.54, 1.807) is 24.1 Å². The number of amides is 2. The molecule has 2 heterocycles. The van der Waals surface area contributed by atoms with E-state index in [0.717, 1.165) is 17.8 Å². The largest absolute Gasteiger partial charge is 0.450 e. The molecule has 3 rings (SSSR count). The summed E-state index contributed by atoms with van der Waals surface area (Å²) in [5.74, 6) is -0.194. The first-order valence-electron chi connectivity index (χ1n) is 10.1. The van der Waals surface area contributed by atoms with Crippen LogP contribution < -0.4 is 10.6 Å². The van der Waals surface area contributed by atoms with Gasteiger partial charge in [0.05, 0.1) is 18.5 Å². The minimum atomic E-state index is -0.285. The van der Waals surface area contributed by atoms with Crippen LogP contribution in [0.3, 0.4) is 0 Å². The van der Waals surface area contributed by atoms with E-state index in [1.807, 2.05) is 24.3 Å². The maximum Gasteiger partial charge on any atom is 0.409 e. The fraction of sp³-hybridized carbons (Fsp3) is 0.409. The van der Waals surface area contributed by atoms with Gasteiger partial charge in [0.25, 0.3) is 5.91 Å². The summed E-state index contributed by atoms with van der Waals surface area (Å²) in [5.41, 5.74) is 3.49. The highest BCUT2D eigenvalue weighted by Gasteiger charge is 2.25. The minimum Gasteiger partial charge on any atom is -0.450 e. The lowest BCUT2D eigenvalue weighted by molar-refractivity contribution is 0.0856. The Labute approximate surface area is 171 Å². The maximum absolute atomic E-state index is 12.5. The van der Waals surface area contributed by atoms with E-state index in [-0.39, 0.29) is 18.0 Å². The second-order valence-electron chi connectivity index (χ2n) is 7.00. The summed E-state index contributed by atoms with van der Waals surface area (Å²) in [6.07, 6.45) is 3.74. The zero-order valence-electron chi connectivity index (χ0n) is 17.0. The number of carbonyl (C=O) groups is 2. The molecular formula is C22H28N4O3. The molecule has 2 amide bonds. The van der Waals surface area contributed by atoms with Crippen LogP contribution in [-0.4, -0.2) is 47.6 Å². The average molecular weight is 396 g/mol. The first kappa shape index (κ1) is 20.6. The third kappa shape index (κ3) is 5.47. The van der Waals surface area contributed by atoms with Gasteiger partial charge in [0.15, 0.2) is 0 Å². The van der Waals surface area contributed by atoms with E-state index in [1.165, 1.54) is 5.56 Å². The van der Waals surface area contributed by atoms with Crippen LogP contribution in [-0.2, 0) is 11.2 Å². The third-order valence-corrected chi connectivity index (χ3v) is 5.03. The first-order valence-corrected chi connectivity index (χ1v) is 10.1. The van der Waals surface area contributed by atoms with Crippen LogP contribution in [0.2, 0.25) is 0 Å². The predicted molar refractivity (Wildman–Crippen MR) is 112 cm³/mol. The van der Waals surface area contributed by atoms with Crippen LogP contribution in [0.1, 0.15) is 42.7 Å². The van der Waals surface area contributed by atoms with Crippen molar-refractivity contribution in [1.29, 1.82) is 0 Å². The van der Waals surface area contributed by atoms with Gasteiger partial charge in [0.2, 0.25) is 0 Å². The number of aryl methyl sites for hydroxylation is 1. The van der Waals surface area contributed by atoms with Gasteiger partial charge in [0.1, 0.15) is 5.69 Å². The van der Waals surface area contributed by atoms with Crippen LogP contribution in [0.25, 0.3) is 0 Å². The number of aromatic nitrogens is 1. The third-order valence-electron chi connectivity index (χ3n) is 5.03. The fourth-order valence-corrected chi connectivity index (χ4v) is 3.39. The molecule has 1 saturated heterocycles. The lowest BCUT2D eigenvalue weighted by Crippen LogP contribution is -2.46. The van der Waals surface area contributed by atoms with Crippen LogP contribution in [0.5, 0.6) is 0 Å². The molecule has 29 heavy (non-hydrogen) atoms. The predicted octanol–water partition coefficient (Wildman–Crippen LogP) is 3.74. The van der Waals surface area contributed by atoms with Gasteiger partial charge in [-0.25, -0.2) is 9.78 Å². The van der Waals surface area contributed by atoms with Gasteiger partial charge >= 0.3 is 6.09 Å². The Morgan fingerprint density at radius 1 is 1.14 bits per heavy atom. The number of benzene rings is 1. The number of anilines is 2. The van der Waals surface area contributed by atoms with Crippen molar-refractivity contribution in [2.45, 2.75) is 39.2 Å². The van der Waals surface area contributed by atoms with Crippen molar-refractivity contribution in [2.24, 2.45) is 0 Å². The molecule has 0 bridgehead atoms. The topological polar surface area (TPSA) is 83.6 Å². The fourth-order valence-electron chi connectivity index (χ4n) is 3.39. The van der Waals surface area contributed by atoms with E-state index >= 15 is 0 Å². The number of nitrogens with zero attached hydrogens (tertiary/aromatic N) is 2. The van der Waals surface area contributed by atoms with E-state index in [2.05, 4.69) is 28.6 Å². The molecule has 1 aliphatic rings. The standard InChI is InChI=1S/C22H28N4O3/c1-3-16-7-5-6-8-19(16)24-18-9-10-20(23-15-18)21(27)25-17-11-13-26(14-12-17)22(28)29-4-2/h5-10,15,17,24H,3-4,11-14H2,1-2H3,(H,25,27). The van der Waals surface area contributed by atoms with Crippen molar-refractivity contribution < 1.29 is 14.3 Å². The number of piperidine rings is 1. The van der Waals surface area contributed by atoms with Gasteiger partial charge in [-0.1, -0.05) is 25.1 Å². The highest BCUT2D eigenvalue weighted by atomic mass is 16.6. The summed E-state index contributed by atoms with van der Waals surface area (Å²) in [5, 5.41) is 6.37. The molecule has 0 saturated carbocycles. The molecule has 7 heteroatoms. The van der Waals surface area contributed by atoms with Crippen molar-refractivity contribution in [3.05, 3.63) is 53.9 Å². The van der Waals surface area contributed by atoms with Crippen molar-refractivity contribution >= 4 is 23.4 Å². The second kappa shape index (κ2) is 9.91. The Balaban J connectivity index is 1.52. The number of likely N-dealkylation sites (tertiary alicyclic amines) is 1. The number of nitrogens with one attached hydrogen (secondary N) is 2. The molecule has 154 valence electrons. The molecule has 7 nitrogen and oxygen atoms in total. The van der Waals surface area contributed by atoms with Crippen molar-refractivity contribution in [1.82, 2.24) is 15.2 Å². The highest BCUT2D eigenvalue weighted by molar-refractivity contribution is 5.92. The molecule has 1 aliphatic heterocycles. The van der Waals surface area contributed by atoms with Crippen LogP contribution in [0, 0.1) is 0 Å². The van der Waals surface area contributed by atoms with Crippen LogP contribution >= 0.6 is 0 Å². The molecule has 0 radical (unpaired) electrons. The van der Waals surface area contributed by atoms with Crippen molar-refractivity contribution in [3.63, 3.8) is 0 Å². The number of carbonyl (C=O) groups excluding carboxylic acids is 2. The van der Waals surface area contributed by atoms with E-state index in [9.17, 15) is 9.59 Å². The molecule has 0 atom stereocenters. The lowest BCUT2D eigenvalue weighted by Gasteiger charge is -2.31. The molecule has 2 N–H and O–H groups in total. The number of para-hydroxylation sites is 1. The normalized spacial score (nSPS) is 14.3. The Hall–Kier alpha value is -3.09. The first-order chi connectivity index (χ1) is 14.1. The summed E-state index contributed by atoms with van der Waals surface area (Å²) in [4.78, 5) is 30.2. The van der Waals surface area contributed by atoms with Gasteiger partial charge in [-0.15, -0.1) is 0 Å². The number of hydrogen-bond acceptors (Lipinski definition) is 5. The zero-order valence-corrected chi connectivity index (χ0v) is 17.0. The Morgan fingerprint density at radius 2 is 1.90 bits per heavy atom. The van der Waals surface area contributed by atoms with E-state index in [0.29, 0.717) is 38.2 Å². The molecule has 2 aromatic rings. The summed E-state index contributed by atoms with van der Waals surface area (Å²) in [7, 11) is 0. The maximum atomic E-state index is 12.5. The van der Waals surface area contributed by atoms with Crippen molar-refractivity contribution in [3.8, 4) is 0 Å². The highest BCUT2D eigenvalue weighted by Crippen LogP contribution is 2.21. The quantitative estimate of drug-likeness (QED) is 0.777. The zero-order chi connectivity index (χ0) is 20.6. The minimum absolute atomic E-state index is 0.0317. The molecular weight excluding hydrogens is 368 g/mol. The average Bonchev–Trinajstić information content (AvgIpc) is 2.75. The molecule has 1 fully saturated rings. The van der Waals surface area contributed by atoms with Gasteiger partial charge in [-0.2, -0.15) is 0 Å². The monoisotopic (exact) mass is 396 g/mol. The number of hydrogen-bond donors (Lipinski definition) is 2. The second-order valence-corrected chi connectivity index (χ2v) is 7.00. The number of rotatable bonds is 6. The lowest BCUT2D eigenvalue weighted by atomic mass is 10.1.